The molecule has 3 atom stereocenters. The Morgan fingerprint density at radius 3 is 2.30 bits per heavy atom. The quantitative estimate of drug-likeness (QED) is 0.281. The second-order valence-corrected chi connectivity index (χ2v) is 13.5. The summed E-state index contributed by atoms with van der Waals surface area (Å²) in [6, 6.07) is 9.67. The summed E-state index contributed by atoms with van der Waals surface area (Å²) in [4.78, 5) is 51.9. The standard InChI is InChI=1S/C34H36N2O8/c1-33(2,3)19-8-6-15(7-9-19)21-12-18(14-36-32(43)16-4-5-16)27(38)25-22(21)11-17-10-20-13-23(37)26(31(35)42)30(41)34(20,44)29(40)24(17)28(25)39/h6-9,12,16-17,20,37-38,40,44H,4-5,10-11,13-14H2,1-3H3,(H2,35,42)(H,36,43)/t17-,20+,34+/m1/s1. The van der Waals surface area contributed by atoms with Crippen LogP contribution in [-0.2, 0) is 32.8 Å². The number of phenols is 1. The van der Waals surface area contributed by atoms with Gasteiger partial charge in [0.1, 0.15) is 22.8 Å². The van der Waals surface area contributed by atoms with Gasteiger partial charge in [0.25, 0.3) is 5.91 Å². The summed E-state index contributed by atoms with van der Waals surface area (Å²) < 4.78 is 0. The summed E-state index contributed by atoms with van der Waals surface area (Å²) in [6.45, 7) is 6.27. The zero-order valence-electron chi connectivity index (χ0n) is 24.9. The molecule has 0 unspecified atom stereocenters. The number of fused-ring (bicyclic) bond motifs is 3. The number of amides is 2. The molecule has 0 saturated heterocycles. The monoisotopic (exact) mass is 600 g/mol. The Morgan fingerprint density at radius 2 is 1.70 bits per heavy atom. The minimum atomic E-state index is -2.63. The number of Topliss-reactive ketones (excluding diaryl/α,β-unsaturated/α-hetero) is 2. The molecular weight excluding hydrogens is 564 g/mol. The largest absolute Gasteiger partial charge is 0.511 e. The van der Waals surface area contributed by atoms with Crippen molar-refractivity contribution in [1.82, 2.24) is 5.32 Å². The Labute approximate surface area is 254 Å². The first-order valence-corrected chi connectivity index (χ1v) is 14.9. The van der Waals surface area contributed by atoms with Crippen LogP contribution in [0.15, 0.2) is 53.0 Å². The van der Waals surface area contributed by atoms with Crippen molar-refractivity contribution in [3.63, 3.8) is 0 Å². The molecule has 0 radical (unpaired) electrons. The van der Waals surface area contributed by atoms with E-state index in [1.807, 2.05) is 24.3 Å². The van der Waals surface area contributed by atoms with E-state index in [0.29, 0.717) is 16.7 Å². The number of aliphatic hydroxyl groups is 3. The number of aromatic hydroxyl groups is 1. The maximum absolute atomic E-state index is 14.2. The van der Waals surface area contributed by atoms with E-state index in [2.05, 4.69) is 26.1 Å². The lowest BCUT2D eigenvalue weighted by Crippen LogP contribution is -2.57. The molecule has 4 aliphatic carbocycles. The van der Waals surface area contributed by atoms with Crippen molar-refractivity contribution in [3.05, 3.63) is 75.3 Å². The van der Waals surface area contributed by atoms with Gasteiger partial charge in [-0.2, -0.15) is 0 Å². The van der Waals surface area contributed by atoms with E-state index in [4.69, 9.17) is 5.73 Å². The van der Waals surface area contributed by atoms with Crippen molar-refractivity contribution < 1.29 is 39.6 Å². The van der Waals surface area contributed by atoms with Gasteiger partial charge in [0.2, 0.25) is 11.7 Å². The van der Waals surface area contributed by atoms with Gasteiger partial charge in [-0.25, -0.2) is 0 Å². The molecular formula is C34H36N2O8. The van der Waals surface area contributed by atoms with Gasteiger partial charge in [0.15, 0.2) is 11.4 Å². The maximum Gasteiger partial charge on any atom is 0.255 e. The number of nitrogens with two attached hydrogens (primary N) is 1. The Kier molecular flexibility index (Phi) is 6.77. The van der Waals surface area contributed by atoms with Gasteiger partial charge in [-0.1, -0.05) is 45.0 Å². The van der Waals surface area contributed by atoms with Crippen molar-refractivity contribution >= 4 is 23.4 Å². The number of rotatable bonds is 5. The molecule has 0 aromatic heterocycles. The highest BCUT2D eigenvalue weighted by atomic mass is 16.3. The number of hydrogen-bond acceptors (Lipinski definition) is 8. The zero-order valence-corrected chi connectivity index (χ0v) is 24.9. The number of phenolic OH excluding ortho intramolecular Hbond substituents is 1. The van der Waals surface area contributed by atoms with Gasteiger partial charge in [-0.3, -0.25) is 19.2 Å². The molecule has 4 aliphatic rings. The van der Waals surface area contributed by atoms with E-state index in [-0.39, 0.29) is 59.9 Å². The number of aliphatic hydroxyl groups excluding tert-OH is 2. The van der Waals surface area contributed by atoms with Crippen LogP contribution >= 0.6 is 0 Å². The lowest BCUT2D eigenvalue weighted by Gasteiger charge is -2.45. The molecule has 10 heteroatoms. The van der Waals surface area contributed by atoms with Gasteiger partial charge in [-0.05, 0) is 65.3 Å². The van der Waals surface area contributed by atoms with Crippen molar-refractivity contribution in [3.8, 4) is 16.9 Å². The predicted molar refractivity (Wildman–Crippen MR) is 160 cm³/mol. The van der Waals surface area contributed by atoms with Crippen LogP contribution in [-0.4, -0.2) is 49.4 Å². The number of nitrogens with one attached hydrogen (secondary N) is 1. The van der Waals surface area contributed by atoms with Crippen LogP contribution < -0.4 is 11.1 Å². The summed E-state index contributed by atoms with van der Waals surface area (Å²) in [5.74, 6) is -6.94. The fraction of sp³-hybridized carbons (Fsp3) is 0.412. The summed E-state index contributed by atoms with van der Waals surface area (Å²) in [5.41, 5.74) is 4.89. The van der Waals surface area contributed by atoms with Crippen LogP contribution in [0.5, 0.6) is 5.75 Å². The van der Waals surface area contributed by atoms with Crippen LogP contribution in [0.25, 0.3) is 11.1 Å². The lowest BCUT2D eigenvalue weighted by molar-refractivity contribution is -0.144. The van der Waals surface area contributed by atoms with E-state index in [0.717, 1.165) is 24.0 Å². The minimum absolute atomic E-state index is 0.0280. The minimum Gasteiger partial charge on any atom is -0.511 e. The highest BCUT2D eigenvalue weighted by Crippen LogP contribution is 2.53. The van der Waals surface area contributed by atoms with Gasteiger partial charge < -0.3 is 31.5 Å². The van der Waals surface area contributed by atoms with Crippen molar-refractivity contribution in [2.75, 3.05) is 0 Å². The van der Waals surface area contributed by atoms with Crippen LogP contribution in [0.1, 0.15) is 73.5 Å². The molecule has 0 spiro atoms. The average molecular weight is 601 g/mol. The number of allylic oxidation sites excluding steroid dienone is 2. The smallest absolute Gasteiger partial charge is 0.255 e. The molecule has 0 bridgehead atoms. The Balaban J connectivity index is 1.50. The van der Waals surface area contributed by atoms with Crippen LogP contribution in [0.3, 0.4) is 0 Å². The van der Waals surface area contributed by atoms with Crippen LogP contribution in [0, 0.1) is 17.8 Å². The predicted octanol–water partition coefficient (Wildman–Crippen LogP) is 3.57. The van der Waals surface area contributed by atoms with Crippen LogP contribution in [0.2, 0.25) is 0 Å². The lowest BCUT2D eigenvalue weighted by atomic mass is 9.60. The molecule has 2 aromatic rings. The number of primary amides is 1. The fourth-order valence-corrected chi connectivity index (χ4v) is 6.96. The molecule has 0 aliphatic heterocycles. The second-order valence-electron chi connectivity index (χ2n) is 13.5. The van der Waals surface area contributed by atoms with E-state index in [1.54, 1.807) is 6.07 Å². The normalized spacial score (nSPS) is 24.9. The average Bonchev–Trinajstić information content (AvgIpc) is 3.80. The van der Waals surface area contributed by atoms with Gasteiger partial charge in [0, 0.05) is 35.9 Å². The summed E-state index contributed by atoms with van der Waals surface area (Å²) in [6.07, 6.45) is 1.54. The van der Waals surface area contributed by atoms with Crippen molar-refractivity contribution in [2.24, 2.45) is 23.5 Å². The molecule has 44 heavy (non-hydrogen) atoms. The third-order valence-electron chi connectivity index (χ3n) is 9.60. The third kappa shape index (κ3) is 4.51. The second kappa shape index (κ2) is 10.1. The number of hydrogen-bond donors (Lipinski definition) is 6. The number of carbonyl (C=O) groups excluding carboxylic acids is 4. The van der Waals surface area contributed by atoms with Crippen LogP contribution in [0.4, 0.5) is 0 Å². The fourth-order valence-electron chi connectivity index (χ4n) is 6.96. The van der Waals surface area contributed by atoms with Gasteiger partial charge in [-0.15, -0.1) is 0 Å². The molecule has 6 rings (SSSR count). The summed E-state index contributed by atoms with van der Waals surface area (Å²) in [7, 11) is 0. The zero-order chi connectivity index (χ0) is 31.9. The molecule has 2 aromatic carbocycles. The Morgan fingerprint density at radius 1 is 1.05 bits per heavy atom. The molecule has 0 heterocycles. The Bertz CT molecular complexity index is 1710. The van der Waals surface area contributed by atoms with E-state index < -0.39 is 52.0 Å². The first-order valence-electron chi connectivity index (χ1n) is 14.9. The summed E-state index contributed by atoms with van der Waals surface area (Å²) in [5, 5.41) is 47.7. The van der Waals surface area contributed by atoms with E-state index >= 15 is 0 Å². The molecule has 10 nitrogen and oxygen atoms in total. The van der Waals surface area contributed by atoms with Crippen molar-refractivity contribution in [2.45, 2.75) is 70.4 Å². The first kappa shape index (κ1) is 29.6. The molecule has 1 fully saturated rings. The van der Waals surface area contributed by atoms with Gasteiger partial charge in [0.05, 0.1) is 5.56 Å². The third-order valence-corrected chi connectivity index (χ3v) is 9.60. The van der Waals surface area contributed by atoms with E-state index in [1.165, 1.54) is 0 Å². The van der Waals surface area contributed by atoms with E-state index in [9.17, 15) is 39.6 Å². The molecule has 1 saturated carbocycles. The maximum atomic E-state index is 14.2. The molecule has 7 N–H and O–H groups in total. The number of ketones is 2. The topological polar surface area (TPSA) is 187 Å². The molecule has 2 amide bonds. The highest BCUT2D eigenvalue weighted by Gasteiger charge is 2.59. The van der Waals surface area contributed by atoms with Gasteiger partial charge >= 0.3 is 0 Å². The summed E-state index contributed by atoms with van der Waals surface area (Å²) >= 11 is 0. The SMILES string of the molecule is CC(C)(C)c1ccc(-c2cc(CNC(=O)C3CC3)c(O)c3c2C[C@H]2C[C@H]4CC(O)=C(C(N)=O)C(=O)[C@@]4(O)C(O)=C2C3=O)cc1. The number of benzene rings is 2. The first-order chi connectivity index (χ1) is 20.6. The number of carbonyl (C=O) groups is 4. The van der Waals surface area contributed by atoms with Crippen molar-refractivity contribution in [1.29, 1.82) is 0 Å². The molecule has 230 valence electrons. The highest BCUT2D eigenvalue weighted by molar-refractivity contribution is 6.24. The Hall–Kier alpha value is -4.44.